The number of amides is 1. The molecule has 0 saturated carbocycles. The molecule has 3 rings (SSSR count). The van der Waals surface area contributed by atoms with Crippen LogP contribution >= 0.6 is 0 Å². The molecule has 0 radical (unpaired) electrons. The number of anilines is 2. The number of nitrogens with one attached hydrogen (secondary N) is 1. The SMILES string of the molecule is COc1ccc(C(=O)Nc2ccc(N3CCC(C)CC3)cc2C(=O)O)cc1. The molecule has 1 aliphatic heterocycles. The van der Waals surface area contributed by atoms with E-state index in [1.54, 1.807) is 43.5 Å². The van der Waals surface area contributed by atoms with Crippen molar-refractivity contribution in [3.8, 4) is 5.75 Å². The lowest BCUT2D eigenvalue weighted by atomic mass is 9.98. The van der Waals surface area contributed by atoms with E-state index in [1.807, 2.05) is 6.07 Å². The van der Waals surface area contributed by atoms with Gasteiger partial charge < -0.3 is 20.1 Å². The van der Waals surface area contributed by atoms with Crippen molar-refractivity contribution in [2.45, 2.75) is 19.8 Å². The first-order valence-corrected chi connectivity index (χ1v) is 9.05. The van der Waals surface area contributed by atoms with Crippen molar-refractivity contribution in [2.24, 2.45) is 5.92 Å². The molecule has 1 fully saturated rings. The fourth-order valence-electron chi connectivity index (χ4n) is 3.22. The van der Waals surface area contributed by atoms with Crippen LogP contribution < -0.4 is 15.0 Å². The Bertz CT molecular complexity index is 825. The molecular formula is C21H24N2O4. The molecule has 6 nitrogen and oxygen atoms in total. The van der Waals surface area contributed by atoms with E-state index in [9.17, 15) is 14.7 Å². The van der Waals surface area contributed by atoms with Gasteiger partial charge in [-0.1, -0.05) is 6.92 Å². The number of nitrogens with zero attached hydrogens (tertiary/aromatic N) is 1. The highest BCUT2D eigenvalue weighted by atomic mass is 16.5. The van der Waals surface area contributed by atoms with Crippen molar-refractivity contribution in [3.63, 3.8) is 0 Å². The van der Waals surface area contributed by atoms with Crippen LogP contribution in [0.2, 0.25) is 0 Å². The van der Waals surface area contributed by atoms with Gasteiger partial charge in [-0.05, 0) is 61.2 Å². The number of methoxy groups -OCH3 is 1. The van der Waals surface area contributed by atoms with Gasteiger partial charge >= 0.3 is 5.97 Å². The molecular weight excluding hydrogens is 344 g/mol. The Balaban J connectivity index is 1.80. The Morgan fingerprint density at radius 2 is 1.78 bits per heavy atom. The van der Waals surface area contributed by atoms with Crippen LogP contribution in [-0.4, -0.2) is 37.2 Å². The third kappa shape index (κ3) is 4.39. The molecule has 6 heteroatoms. The Hall–Kier alpha value is -3.02. The summed E-state index contributed by atoms with van der Waals surface area (Å²) in [5.41, 5.74) is 1.69. The van der Waals surface area contributed by atoms with Gasteiger partial charge in [-0.25, -0.2) is 4.79 Å². The molecule has 0 bridgehead atoms. The fraction of sp³-hybridized carbons (Fsp3) is 0.333. The number of carbonyl (C=O) groups excluding carboxylic acids is 1. The van der Waals surface area contributed by atoms with Crippen molar-refractivity contribution in [3.05, 3.63) is 53.6 Å². The molecule has 1 aliphatic rings. The Kier molecular flexibility index (Phi) is 5.64. The lowest BCUT2D eigenvalue weighted by Gasteiger charge is -2.32. The van der Waals surface area contributed by atoms with E-state index in [2.05, 4.69) is 17.1 Å². The van der Waals surface area contributed by atoms with Gasteiger partial charge in [-0.2, -0.15) is 0 Å². The van der Waals surface area contributed by atoms with Crippen LogP contribution in [0.4, 0.5) is 11.4 Å². The van der Waals surface area contributed by atoms with Gasteiger partial charge in [0.05, 0.1) is 18.4 Å². The lowest BCUT2D eigenvalue weighted by Crippen LogP contribution is -2.32. The zero-order chi connectivity index (χ0) is 19.4. The number of aromatic carboxylic acids is 1. The van der Waals surface area contributed by atoms with Gasteiger partial charge in [-0.15, -0.1) is 0 Å². The van der Waals surface area contributed by atoms with Crippen LogP contribution in [0.15, 0.2) is 42.5 Å². The topological polar surface area (TPSA) is 78.9 Å². The quantitative estimate of drug-likeness (QED) is 0.837. The average Bonchev–Trinajstić information content (AvgIpc) is 2.69. The number of hydrogen-bond acceptors (Lipinski definition) is 4. The molecule has 1 heterocycles. The number of ether oxygens (including phenoxy) is 1. The van der Waals surface area contributed by atoms with E-state index in [-0.39, 0.29) is 17.2 Å². The minimum atomic E-state index is -1.06. The van der Waals surface area contributed by atoms with Crippen molar-refractivity contribution in [1.82, 2.24) is 0 Å². The minimum Gasteiger partial charge on any atom is -0.497 e. The average molecular weight is 368 g/mol. The third-order valence-corrected chi connectivity index (χ3v) is 4.98. The summed E-state index contributed by atoms with van der Waals surface area (Å²) in [6.45, 7) is 4.06. The maximum absolute atomic E-state index is 12.5. The fourth-order valence-corrected chi connectivity index (χ4v) is 3.22. The van der Waals surface area contributed by atoms with Crippen LogP contribution in [0, 0.1) is 5.92 Å². The Morgan fingerprint density at radius 3 is 2.37 bits per heavy atom. The molecule has 2 aromatic rings. The molecule has 0 spiro atoms. The van der Waals surface area contributed by atoms with Gasteiger partial charge in [0.2, 0.25) is 0 Å². The van der Waals surface area contributed by atoms with E-state index < -0.39 is 5.97 Å². The summed E-state index contributed by atoms with van der Waals surface area (Å²) in [6.07, 6.45) is 2.19. The van der Waals surface area contributed by atoms with Crippen LogP contribution in [-0.2, 0) is 0 Å². The Labute approximate surface area is 158 Å². The normalized spacial score (nSPS) is 14.7. The highest BCUT2D eigenvalue weighted by molar-refractivity contribution is 6.08. The summed E-state index contributed by atoms with van der Waals surface area (Å²) in [6, 6.07) is 11.8. The van der Waals surface area contributed by atoms with E-state index in [1.165, 1.54) is 0 Å². The summed E-state index contributed by atoms with van der Waals surface area (Å²) in [7, 11) is 1.55. The van der Waals surface area contributed by atoms with Crippen LogP contribution in [0.3, 0.4) is 0 Å². The number of hydrogen-bond donors (Lipinski definition) is 2. The number of carboxylic acids is 1. The first-order valence-electron chi connectivity index (χ1n) is 9.05. The molecule has 0 aromatic heterocycles. The number of carboxylic acid groups (broad SMARTS) is 1. The van der Waals surface area contributed by atoms with Crippen molar-refractivity contribution >= 4 is 23.3 Å². The molecule has 2 N–H and O–H groups in total. The highest BCUT2D eigenvalue weighted by Crippen LogP contribution is 2.27. The van der Waals surface area contributed by atoms with E-state index >= 15 is 0 Å². The van der Waals surface area contributed by atoms with Gasteiger partial charge in [0.1, 0.15) is 5.75 Å². The van der Waals surface area contributed by atoms with E-state index in [0.29, 0.717) is 17.2 Å². The first kappa shape index (κ1) is 18.8. The van der Waals surface area contributed by atoms with Crippen molar-refractivity contribution < 1.29 is 19.4 Å². The predicted molar refractivity (Wildman–Crippen MR) is 105 cm³/mol. The van der Waals surface area contributed by atoms with Crippen molar-refractivity contribution in [1.29, 1.82) is 0 Å². The number of benzene rings is 2. The zero-order valence-electron chi connectivity index (χ0n) is 15.6. The monoisotopic (exact) mass is 368 g/mol. The molecule has 1 amide bonds. The standard InChI is InChI=1S/C21H24N2O4/c1-14-9-11-23(12-10-14)16-5-8-19(18(13-16)21(25)26)22-20(24)15-3-6-17(27-2)7-4-15/h3-8,13-14H,9-12H2,1-2H3,(H,22,24)(H,25,26). The lowest BCUT2D eigenvalue weighted by molar-refractivity contribution is 0.0698. The molecule has 0 aliphatic carbocycles. The minimum absolute atomic E-state index is 0.0907. The maximum Gasteiger partial charge on any atom is 0.337 e. The van der Waals surface area contributed by atoms with Crippen LogP contribution in [0.5, 0.6) is 5.75 Å². The number of piperidine rings is 1. The van der Waals surface area contributed by atoms with E-state index in [0.717, 1.165) is 31.6 Å². The molecule has 1 saturated heterocycles. The highest BCUT2D eigenvalue weighted by Gasteiger charge is 2.20. The van der Waals surface area contributed by atoms with Gasteiger partial charge in [-0.3, -0.25) is 4.79 Å². The number of rotatable bonds is 5. The smallest absolute Gasteiger partial charge is 0.337 e. The second-order valence-electron chi connectivity index (χ2n) is 6.89. The molecule has 0 unspecified atom stereocenters. The second kappa shape index (κ2) is 8.12. The maximum atomic E-state index is 12.5. The molecule has 2 aromatic carbocycles. The van der Waals surface area contributed by atoms with E-state index in [4.69, 9.17) is 4.74 Å². The predicted octanol–water partition coefficient (Wildman–Crippen LogP) is 3.88. The van der Waals surface area contributed by atoms with Gasteiger partial charge in [0, 0.05) is 24.3 Å². The first-order chi connectivity index (χ1) is 13.0. The third-order valence-electron chi connectivity index (χ3n) is 4.98. The van der Waals surface area contributed by atoms with Gasteiger partial charge in [0.15, 0.2) is 0 Å². The second-order valence-corrected chi connectivity index (χ2v) is 6.89. The Morgan fingerprint density at radius 1 is 1.11 bits per heavy atom. The zero-order valence-corrected chi connectivity index (χ0v) is 15.6. The summed E-state index contributed by atoms with van der Waals surface area (Å²) >= 11 is 0. The number of carbonyl (C=O) groups is 2. The summed E-state index contributed by atoms with van der Waals surface area (Å²) in [5, 5.41) is 12.3. The van der Waals surface area contributed by atoms with Gasteiger partial charge in [0.25, 0.3) is 5.91 Å². The van der Waals surface area contributed by atoms with Crippen LogP contribution in [0.25, 0.3) is 0 Å². The van der Waals surface area contributed by atoms with Crippen molar-refractivity contribution in [2.75, 3.05) is 30.4 Å². The molecule has 142 valence electrons. The summed E-state index contributed by atoms with van der Waals surface area (Å²) in [5.74, 6) is -0.0758. The largest absolute Gasteiger partial charge is 0.497 e. The molecule has 0 atom stereocenters. The summed E-state index contributed by atoms with van der Waals surface area (Å²) in [4.78, 5) is 26.4. The van der Waals surface area contributed by atoms with Crippen LogP contribution in [0.1, 0.15) is 40.5 Å². The molecule has 27 heavy (non-hydrogen) atoms. The summed E-state index contributed by atoms with van der Waals surface area (Å²) < 4.78 is 5.08.